The Morgan fingerprint density at radius 2 is 2.00 bits per heavy atom. The smallest absolute Gasteiger partial charge is 0.136 e. The van der Waals surface area contributed by atoms with E-state index in [1.807, 2.05) is 6.07 Å². The first-order chi connectivity index (χ1) is 6.78. The lowest BCUT2D eigenvalue weighted by molar-refractivity contribution is -0.184. The van der Waals surface area contributed by atoms with Crippen molar-refractivity contribution < 1.29 is 9.84 Å². The van der Waals surface area contributed by atoms with Gasteiger partial charge in [0.2, 0.25) is 0 Å². The molecule has 2 N–H and O–H groups in total. The summed E-state index contributed by atoms with van der Waals surface area (Å²) in [6.07, 6.45) is 0. The third kappa shape index (κ3) is 1.10. The lowest BCUT2D eigenvalue weighted by Gasteiger charge is -2.36. The van der Waals surface area contributed by atoms with E-state index in [1.54, 1.807) is 0 Å². The lowest BCUT2D eigenvalue weighted by atomic mass is 9.90. The van der Waals surface area contributed by atoms with E-state index in [2.05, 4.69) is 17.4 Å². The predicted octanol–water partition coefficient (Wildman–Crippen LogP) is 0.508. The molecule has 1 fully saturated rings. The van der Waals surface area contributed by atoms with Crippen LogP contribution in [0.25, 0.3) is 0 Å². The second kappa shape index (κ2) is 2.79. The maximum absolute atomic E-state index is 10.1. The maximum Gasteiger partial charge on any atom is 0.136 e. The Bertz CT molecular complexity index is 372. The molecule has 1 aromatic rings. The maximum atomic E-state index is 10.1. The fourth-order valence-electron chi connectivity index (χ4n) is 2.05. The number of hydrogen-bond acceptors (Lipinski definition) is 3. The summed E-state index contributed by atoms with van der Waals surface area (Å²) >= 11 is 0. The molecule has 1 saturated heterocycles. The minimum atomic E-state index is -0.725. The van der Waals surface area contributed by atoms with Crippen molar-refractivity contribution in [3.8, 4) is 0 Å². The zero-order valence-electron chi connectivity index (χ0n) is 7.92. The van der Waals surface area contributed by atoms with E-state index < -0.39 is 5.60 Å². The summed E-state index contributed by atoms with van der Waals surface area (Å²) < 4.78 is 5.05. The van der Waals surface area contributed by atoms with Crippen LogP contribution in [0.3, 0.4) is 0 Å². The summed E-state index contributed by atoms with van der Waals surface area (Å²) in [7, 11) is 0. The Morgan fingerprint density at radius 1 is 1.21 bits per heavy atom. The Hall–Kier alpha value is -0.900. The quantitative estimate of drug-likeness (QED) is 0.679. The number of rotatable bonds is 1. The highest BCUT2D eigenvalue weighted by Gasteiger charge is 2.38. The van der Waals surface area contributed by atoms with Crippen molar-refractivity contribution in [2.24, 2.45) is 0 Å². The predicted molar refractivity (Wildman–Crippen MR) is 51.7 cm³/mol. The normalized spacial score (nSPS) is 22.9. The van der Waals surface area contributed by atoms with Gasteiger partial charge in [0.1, 0.15) is 5.60 Å². The van der Waals surface area contributed by atoms with E-state index in [4.69, 9.17) is 4.74 Å². The molecule has 0 bridgehead atoms. The van der Waals surface area contributed by atoms with Gasteiger partial charge in [0.25, 0.3) is 0 Å². The first-order valence-corrected chi connectivity index (χ1v) is 4.91. The molecule has 0 saturated carbocycles. The van der Waals surface area contributed by atoms with Crippen molar-refractivity contribution >= 4 is 0 Å². The van der Waals surface area contributed by atoms with Gasteiger partial charge in [-0.25, -0.2) is 0 Å². The van der Waals surface area contributed by atoms with Gasteiger partial charge in [-0.1, -0.05) is 18.2 Å². The summed E-state index contributed by atoms with van der Waals surface area (Å²) in [6.45, 7) is 2.73. The number of hydrogen-bond donors (Lipinski definition) is 2. The molecule has 74 valence electrons. The highest BCUT2D eigenvalue weighted by atomic mass is 16.5. The molecule has 0 atom stereocenters. The van der Waals surface area contributed by atoms with Crippen LogP contribution in [0.1, 0.15) is 16.7 Å². The van der Waals surface area contributed by atoms with Crippen molar-refractivity contribution in [3.05, 3.63) is 34.9 Å². The van der Waals surface area contributed by atoms with E-state index in [-0.39, 0.29) is 0 Å². The molecule has 0 aliphatic carbocycles. The van der Waals surface area contributed by atoms with Crippen LogP contribution in [0.15, 0.2) is 18.2 Å². The molecule has 1 aromatic carbocycles. The van der Waals surface area contributed by atoms with Crippen LogP contribution in [0.5, 0.6) is 0 Å². The Balaban J connectivity index is 2.00. The zero-order valence-corrected chi connectivity index (χ0v) is 7.92. The van der Waals surface area contributed by atoms with Gasteiger partial charge in [-0.05, 0) is 16.7 Å². The van der Waals surface area contributed by atoms with Crippen LogP contribution in [0.4, 0.5) is 0 Å². The molecule has 3 heteroatoms. The van der Waals surface area contributed by atoms with Crippen LogP contribution in [-0.4, -0.2) is 18.3 Å². The average Bonchev–Trinajstić information content (AvgIpc) is 2.60. The van der Waals surface area contributed by atoms with Gasteiger partial charge in [0, 0.05) is 13.1 Å². The summed E-state index contributed by atoms with van der Waals surface area (Å²) in [6, 6.07) is 6.20. The van der Waals surface area contributed by atoms with Gasteiger partial charge in [-0.15, -0.1) is 0 Å². The van der Waals surface area contributed by atoms with Gasteiger partial charge in [-0.3, -0.25) is 0 Å². The summed E-state index contributed by atoms with van der Waals surface area (Å²) in [5.74, 6) is 0. The van der Waals surface area contributed by atoms with E-state index in [1.165, 1.54) is 11.1 Å². The van der Waals surface area contributed by atoms with Gasteiger partial charge in [-0.2, -0.15) is 0 Å². The van der Waals surface area contributed by atoms with E-state index in [9.17, 15) is 5.11 Å². The fraction of sp³-hybridized carbons (Fsp3) is 0.455. The largest absolute Gasteiger partial charge is 0.380 e. The standard InChI is InChI=1S/C11H13NO2/c13-11(6-14-7-11)10-2-1-8-4-12-5-9(8)3-10/h1-3,12-13H,4-7H2. The van der Waals surface area contributed by atoms with Crippen molar-refractivity contribution in [3.63, 3.8) is 0 Å². The molecular weight excluding hydrogens is 178 g/mol. The summed E-state index contributed by atoms with van der Waals surface area (Å²) in [5, 5.41) is 13.4. The molecule has 14 heavy (non-hydrogen) atoms. The van der Waals surface area contributed by atoms with Gasteiger partial charge < -0.3 is 15.2 Å². The third-order valence-corrected chi connectivity index (χ3v) is 3.06. The van der Waals surface area contributed by atoms with E-state index >= 15 is 0 Å². The molecule has 2 aliphatic rings. The Morgan fingerprint density at radius 3 is 2.71 bits per heavy atom. The topological polar surface area (TPSA) is 41.5 Å². The molecule has 3 rings (SSSR count). The van der Waals surface area contributed by atoms with Gasteiger partial charge >= 0.3 is 0 Å². The average molecular weight is 191 g/mol. The van der Waals surface area contributed by atoms with Crippen LogP contribution in [0, 0.1) is 0 Å². The number of nitrogens with one attached hydrogen (secondary N) is 1. The first kappa shape index (κ1) is 8.41. The Kier molecular flexibility index (Phi) is 1.68. The zero-order chi connectivity index (χ0) is 9.60. The Labute approximate surface area is 82.7 Å². The van der Waals surface area contributed by atoms with Crippen LogP contribution < -0.4 is 5.32 Å². The van der Waals surface area contributed by atoms with Gasteiger partial charge in [0.05, 0.1) is 13.2 Å². The molecule has 0 aromatic heterocycles. The number of aliphatic hydroxyl groups is 1. The second-order valence-electron chi connectivity index (χ2n) is 4.11. The second-order valence-corrected chi connectivity index (χ2v) is 4.11. The number of fused-ring (bicyclic) bond motifs is 1. The number of ether oxygens (including phenoxy) is 1. The van der Waals surface area contributed by atoms with Crippen LogP contribution in [-0.2, 0) is 23.4 Å². The van der Waals surface area contributed by atoms with Crippen LogP contribution in [0.2, 0.25) is 0 Å². The van der Waals surface area contributed by atoms with Crippen LogP contribution >= 0.6 is 0 Å². The van der Waals surface area contributed by atoms with Crippen molar-refractivity contribution in [2.45, 2.75) is 18.7 Å². The monoisotopic (exact) mass is 191 g/mol. The SMILES string of the molecule is OC1(c2ccc3c(c2)CNC3)COC1. The summed E-state index contributed by atoms with van der Waals surface area (Å²) in [4.78, 5) is 0. The third-order valence-electron chi connectivity index (χ3n) is 3.06. The molecule has 0 unspecified atom stereocenters. The molecule has 3 nitrogen and oxygen atoms in total. The fourth-order valence-corrected chi connectivity index (χ4v) is 2.05. The number of benzene rings is 1. The van der Waals surface area contributed by atoms with E-state index in [0.717, 1.165) is 18.7 Å². The molecular formula is C11H13NO2. The summed E-state index contributed by atoms with van der Waals surface area (Å²) in [5.41, 5.74) is 2.92. The molecule has 0 amide bonds. The van der Waals surface area contributed by atoms with Crippen molar-refractivity contribution in [1.29, 1.82) is 0 Å². The first-order valence-electron chi connectivity index (χ1n) is 4.91. The van der Waals surface area contributed by atoms with Gasteiger partial charge in [0.15, 0.2) is 0 Å². The molecule has 0 spiro atoms. The minimum Gasteiger partial charge on any atom is -0.380 e. The lowest BCUT2D eigenvalue weighted by Crippen LogP contribution is -2.46. The highest BCUT2D eigenvalue weighted by molar-refractivity contribution is 5.37. The molecule has 2 aliphatic heterocycles. The minimum absolute atomic E-state index is 0.430. The molecule has 0 radical (unpaired) electrons. The molecule has 2 heterocycles. The van der Waals surface area contributed by atoms with E-state index in [0.29, 0.717) is 13.2 Å². The highest BCUT2D eigenvalue weighted by Crippen LogP contribution is 2.31. The van der Waals surface area contributed by atoms with Crippen molar-refractivity contribution in [2.75, 3.05) is 13.2 Å². The van der Waals surface area contributed by atoms with Crippen molar-refractivity contribution in [1.82, 2.24) is 5.32 Å².